The number of nitrogens with one attached hydrogen (secondary N) is 3. The summed E-state index contributed by atoms with van der Waals surface area (Å²) >= 11 is 0. The third kappa shape index (κ3) is 16.2. The molecule has 1 aromatic carbocycles. The summed E-state index contributed by atoms with van der Waals surface area (Å²) in [5, 5.41) is 15.7. The number of aliphatic carboxylic acids is 1. The normalized spacial score (nSPS) is 20.4. The van der Waals surface area contributed by atoms with Gasteiger partial charge in [0.1, 0.15) is 30.0 Å². The van der Waals surface area contributed by atoms with Gasteiger partial charge in [0.2, 0.25) is 11.8 Å². The lowest BCUT2D eigenvalue weighted by molar-refractivity contribution is -0.192. The molecule has 0 saturated carbocycles. The molecule has 1 aliphatic rings. The van der Waals surface area contributed by atoms with E-state index in [1.165, 1.54) is 21.3 Å². The molecule has 56 heavy (non-hydrogen) atoms. The van der Waals surface area contributed by atoms with E-state index in [2.05, 4.69) is 16.0 Å². The fraction of sp³-hybridized carbons (Fsp3) is 0.711. The van der Waals surface area contributed by atoms with Gasteiger partial charge >= 0.3 is 18.2 Å². The average Bonchev–Trinajstić information content (AvgIpc) is 3.49. The number of alkyl halides is 3. The molecule has 1 aliphatic heterocycles. The van der Waals surface area contributed by atoms with Crippen molar-refractivity contribution in [2.75, 3.05) is 41.5 Å². The molecule has 0 aliphatic carbocycles. The minimum Gasteiger partial charge on any atom is -0.475 e. The molecule has 8 atom stereocenters. The number of benzene rings is 1. The van der Waals surface area contributed by atoms with Gasteiger partial charge < -0.3 is 49.6 Å². The SMILES string of the molecule is CC[C@H](C)[C@@H]([C@@H](CC(=O)NC[C@H]1O[C@H](C(=O)NCCc2ccccc2)[C@@H](OC)[C@@H]1OC)OC)N(C)C(=O)[C@@H](NC(=O)OC(C)(C)C)C(C)C.O=C(O)C(F)(F)F. The van der Waals surface area contributed by atoms with Crippen LogP contribution >= 0.6 is 0 Å². The van der Waals surface area contributed by atoms with E-state index in [-0.39, 0.29) is 42.5 Å². The van der Waals surface area contributed by atoms with Gasteiger partial charge in [0.05, 0.1) is 18.6 Å². The highest BCUT2D eigenvalue weighted by atomic mass is 19.4. The number of methoxy groups -OCH3 is 3. The van der Waals surface area contributed by atoms with Gasteiger partial charge in [-0.3, -0.25) is 14.4 Å². The van der Waals surface area contributed by atoms with E-state index >= 15 is 0 Å². The summed E-state index contributed by atoms with van der Waals surface area (Å²) in [5.74, 6) is -3.97. The number of hydrogen-bond donors (Lipinski definition) is 4. The molecule has 1 saturated heterocycles. The third-order valence-electron chi connectivity index (χ3n) is 9.11. The Kier molecular flexibility index (Phi) is 20.8. The molecule has 1 aromatic rings. The first-order valence-electron chi connectivity index (χ1n) is 18.4. The maximum absolute atomic E-state index is 13.8. The van der Waals surface area contributed by atoms with E-state index in [4.69, 9.17) is 33.6 Å². The topological polar surface area (TPSA) is 191 Å². The van der Waals surface area contributed by atoms with Gasteiger partial charge in [-0.2, -0.15) is 13.2 Å². The number of alkyl carbamates (subject to hydrolysis) is 1. The molecule has 0 aromatic heterocycles. The number of ether oxygens (including phenoxy) is 5. The van der Waals surface area contributed by atoms with Crippen molar-refractivity contribution < 1.29 is 65.9 Å². The van der Waals surface area contributed by atoms with Gasteiger partial charge in [0.25, 0.3) is 5.91 Å². The number of carbonyl (C=O) groups excluding carboxylic acids is 4. The van der Waals surface area contributed by atoms with Crippen LogP contribution in [0.25, 0.3) is 0 Å². The monoisotopic (exact) mass is 806 g/mol. The van der Waals surface area contributed by atoms with Gasteiger partial charge in [-0.25, -0.2) is 9.59 Å². The Balaban J connectivity index is 0.00000203. The second kappa shape index (κ2) is 23.3. The molecule has 0 spiro atoms. The number of halogens is 3. The highest BCUT2D eigenvalue weighted by Gasteiger charge is 2.49. The summed E-state index contributed by atoms with van der Waals surface area (Å²) in [7, 11) is 6.18. The zero-order chi connectivity index (χ0) is 43.0. The van der Waals surface area contributed by atoms with Gasteiger partial charge in [-0.15, -0.1) is 0 Å². The maximum atomic E-state index is 13.8. The van der Waals surface area contributed by atoms with Gasteiger partial charge in [0, 0.05) is 41.5 Å². The Hall–Kier alpha value is -4.00. The van der Waals surface area contributed by atoms with Crippen molar-refractivity contribution in [2.45, 2.75) is 122 Å². The van der Waals surface area contributed by atoms with Gasteiger partial charge in [-0.05, 0) is 44.6 Å². The van der Waals surface area contributed by atoms with Crippen LogP contribution in [-0.4, -0.2) is 136 Å². The smallest absolute Gasteiger partial charge is 0.475 e. The molecule has 0 unspecified atom stereocenters. The molecular weight excluding hydrogens is 745 g/mol. The molecule has 0 bridgehead atoms. The average molecular weight is 807 g/mol. The van der Waals surface area contributed by atoms with Gasteiger partial charge in [-0.1, -0.05) is 64.4 Å². The number of carbonyl (C=O) groups is 5. The number of carboxylic acid groups (broad SMARTS) is 1. The fourth-order valence-electron chi connectivity index (χ4n) is 6.09. The predicted octanol–water partition coefficient (Wildman–Crippen LogP) is 3.72. The lowest BCUT2D eigenvalue weighted by Gasteiger charge is -2.39. The van der Waals surface area contributed by atoms with Crippen LogP contribution < -0.4 is 16.0 Å². The largest absolute Gasteiger partial charge is 0.490 e. The standard InChI is InChI=1S/C36H60N4O9.C2HF3O2/c1-12-23(4)29(40(8)34(43)28(22(2)3)39-35(44)49-36(5,6)7)25(45-9)20-27(41)38-21-26-30(46-10)31(47-11)32(48-26)33(42)37-19-18-24-16-14-13-15-17-24;3-2(4,5)1(6)7/h13-17,22-23,25-26,28-32H,12,18-21H2,1-11H3,(H,37,42)(H,38,41)(H,39,44);(H,6,7)/t23-,25+,26+,28-,29-,30+,31-,32-;/m0./s1. The molecule has 4 N–H and O–H groups in total. The first-order chi connectivity index (χ1) is 26.0. The molecule has 320 valence electrons. The number of amides is 4. The van der Waals surface area contributed by atoms with Gasteiger partial charge in [0.15, 0.2) is 6.10 Å². The minimum atomic E-state index is -5.08. The van der Waals surface area contributed by atoms with Crippen LogP contribution in [0, 0.1) is 11.8 Å². The molecule has 0 radical (unpaired) electrons. The van der Waals surface area contributed by atoms with E-state index in [0.717, 1.165) is 5.56 Å². The Morgan fingerprint density at radius 2 is 1.52 bits per heavy atom. The maximum Gasteiger partial charge on any atom is 0.490 e. The lowest BCUT2D eigenvalue weighted by atomic mass is 9.90. The number of carboxylic acids is 1. The molecule has 2 rings (SSSR count). The van der Waals surface area contributed by atoms with E-state index in [9.17, 15) is 32.3 Å². The van der Waals surface area contributed by atoms with E-state index in [0.29, 0.717) is 19.4 Å². The zero-order valence-electron chi connectivity index (χ0n) is 34.2. The highest BCUT2D eigenvalue weighted by Crippen LogP contribution is 2.27. The number of nitrogens with zero attached hydrogens (tertiary/aromatic N) is 1. The van der Waals surface area contributed by atoms with Crippen LogP contribution in [0.2, 0.25) is 0 Å². The summed E-state index contributed by atoms with van der Waals surface area (Å²) in [6.45, 7) is 13.5. The number of likely N-dealkylation sites (N-methyl/N-ethyl adjacent to an activating group) is 1. The van der Waals surface area contributed by atoms with Crippen molar-refractivity contribution in [2.24, 2.45) is 11.8 Å². The Labute approximate surface area is 327 Å². The fourth-order valence-corrected chi connectivity index (χ4v) is 6.09. The van der Waals surface area contributed by atoms with Crippen LogP contribution in [-0.2, 0) is 49.3 Å². The highest BCUT2D eigenvalue weighted by molar-refractivity contribution is 5.86. The summed E-state index contributed by atoms with van der Waals surface area (Å²) in [5.41, 5.74) is 0.382. The van der Waals surface area contributed by atoms with Crippen molar-refractivity contribution in [3.8, 4) is 0 Å². The van der Waals surface area contributed by atoms with Crippen molar-refractivity contribution in [1.82, 2.24) is 20.9 Å². The molecule has 1 heterocycles. The van der Waals surface area contributed by atoms with Crippen LogP contribution in [0.3, 0.4) is 0 Å². The van der Waals surface area contributed by atoms with E-state index < -0.39 is 66.4 Å². The van der Waals surface area contributed by atoms with Crippen molar-refractivity contribution in [1.29, 1.82) is 0 Å². The van der Waals surface area contributed by atoms with Crippen LogP contribution in [0.5, 0.6) is 0 Å². The second-order valence-corrected chi connectivity index (χ2v) is 14.8. The Morgan fingerprint density at radius 1 is 0.946 bits per heavy atom. The lowest BCUT2D eigenvalue weighted by Crippen LogP contribution is -2.57. The molecule has 15 nitrogen and oxygen atoms in total. The van der Waals surface area contributed by atoms with Crippen LogP contribution in [0.15, 0.2) is 30.3 Å². The first-order valence-corrected chi connectivity index (χ1v) is 18.4. The summed E-state index contributed by atoms with van der Waals surface area (Å²) in [6.07, 6.45) is -7.92. The molecular formula is C38H61F3N4O11. The quantitative estimate of drug-likeness (QED) is 0.169. The Morgan fingerprint density at radius 3 is 1.98 bits per heavy atom. The Bertz CT molecular complexity index is 1390. The van der Waals surface area contributed by atoms with Crippen molar-refractivity contribution >= 4 is 29.8 Å². The van der Waals surface area contributed by atoms with E-state index in [1.54, 1.807) is 32.7 Å². The van der Waals surface area contributed by atoms with Crippen molar-refractivity contribution in [3.63, 3.8) is 0 Å². The van der Waals surface area contributed by atoms with Crippen LogP contribution in [0.1, 0.15) is 66.9 Å². The summed E-state index contributed by atoms with van der Waals surface area (Å²) in [6, 6.07) is 8.51. The second-order valence-electron chi connectivity index (χ2n) is 14.8. The minimum absolute atomic E-state index is 0.0410. The van der Waals surface area contributed by atoms with Crippen LogP contribution in [0.4, 0.5) is 18.0 Å². The predicted molar refractivity (Wildman–Crippen MR) is 200 cm³/mol. The summed E-state index contributed by atoms with van der Waals surface area (Å²) < 4.78 is 60.4. The first kappa shape index (κ1) is 50.0. The number of rotatable bonds is 18. The molecule has 4 amide bonds. The molecule has 18 heteroatoms. The zero-order valence-corrected chi connectivity index (χ0v) is 34.2. The summed E-state index contributed by atoms with van der Waals surface area (Å²) in [4.78, 5) is 63.3. The third-order valence-corrected chi connectivity index (χ3v) is 9.11. The van der Waals surface area contributed by atoms with E-state index in [1.807, 2.05) is 58.0 Å². The van der Waals surface area contributed by atoms with Crippen molar-refractivity contribution in [3.05, 3.63) is 35.9 Å². The molecule has 1 fully saturated rings. The number of hydrogen-bond acceptors (Lipinski definition) is 10.